The van der Waals surface area contributed by atoms with Crippen molar-refractivity contribution in [3.05, 3.63) is 64.2 Å². The molecule has 0 aromatic heterocycles. The molecule has 25 heavy (non-hydrogen) atoms. The van der Waals surface area contributed by atoms with Crippen LogP contribution in [0.4, 0.5) is 0 Å². The third-order valence-corrected chi connectivity index (χ3v) is 5.50. The highest BCUT2D eigenvalue weighted by Crippen LogP contribution is 2.16. The van der Waals surface area contributed by atoms with Crippen LogP contribution in [0.3, 0.4) is 0 Å². The molecule has 2 aromatic carbocycles. The lowest BCUT2D eigenvalue weighted by molar-refractivity contribution is -0.121. The molecule has 0 bridgehead atoms. The number of sulfonamides is 1. The van der Waals surface area contributed by atoms with Gasteiger partial charge in [-0.3, -0.25) is 4.79 Å². The quantitative estimate of drug-likeness (QED) is 0.775. The first-order valence-electron chi connectivity index (χ1n) is 7.86. The van der Waals surface area contributed by atoms with Crippen LogP contribution in [0.1, 0.15) is 23.1 Å². The Hall–Kier alpha value is -1.89. The van der Waals surface area contributed by atoms with Gasteiger partial charge in [0.2, 0.25) is 15.9 Å². The summed E-state index contributed by atoms with van der Waals surface area (Å²) in [5.41, 5.74) is 2.56. The maximum absolute atomic E-state index is 12.3. The Bertz CT molecular complexity index is 866. The average Bonchev–Trinajstić information content (AvgIpc) is 2.52. The van der Waals surface area contributed by atoms with Gasteiger partial charge in [-0.2, -0.15) is 0 Å². The standard InChI is InChI=1S/C18H21ClN2O3S/c1-13-6-7-17(14(2)10-13)25(23,24)21-9-8-18(22)20-12-15-4-3-5-16(19)11-15/h3-7,10-11,21H,8-9,12H2,1-2H3,(H,20,22). The average molecular weight is 381 g/mol. The van der Waals surface area contributed by atoms with E-state index in [9.17, 15) is 13.2 Å². The molecule has 0 heterocycles. The lowest BCUT2D eigenvalue weighted by atomic mass is 10.2. The number of hydrogen-bond acceptors (Lipinski definition) is 3. The van der Waals surface area contributed by atoms with E-state index >= 15 is 0 Å². The van der Waals surface area contributed by atoms with Crippen molar-refractivity contribution >= 4 is 27.5 Å². The Balaban J connectivity index is 1.83. The van der Waals surface area contributed by atoms with Crippen LogP contribution in [-0.2, 0) is 21.4 Å². The zero-order valence-corrected chi connectivity index (χ0v) is 15.7. The van der Waals surface area contributed by atoms with Crippen LogP contribution in [0.5, 0.6) is 0 Å². The van der Waals surface area contributed by atoms with E-state index in [4.69, 9.17) is 11.6 Å². The second kappa shape index (κ2) is 8.47. The molecule has 0 aliphatic rings. The molecule has 0 aliphatic carbocycles. The van der Waals surface area contributed by atoms with Crippen molar-refractivity contribution in [2.45, 2.75) is 31.7 Å². The molecular formula is C18H21ClN2O3S. The monoisotopic (exact) mass is 380 g/mol. The van der Waals surface area contributed by atoms with Gasteiger partial charge in [0.15, 0.2) is 0 Å². The molecule has 134 valence electrons. The van der Waals surface area contributed by atoms with Gasteiger partial charge in [-0.1, -0.05) is 41.4 Å². The molecule has 2 N–H and O–H groups in total. The van der Waals surface area contributed by atoms with E-state index in [1.54, 1.807) is 31.2 Å². The van der Waals surface area contributed by atoms with Gasteiger partial charge in [0.05, 0.1) is 4.90 Å². The smallest absolute Gasteiger partial charge is 0.240 e. The molecule has 1 amide bonds. The molecule has 0 fully saturated rings. The maximum atomic E-state index is 12.3. The molecule has 7 heteroatoms. The van der Waals surface area contributed by atoms with Gasteiger partial charge in [0.25, 0.3) is 0 Å². The molecule has 0 saturated carbocycles. The van der Waals surface area contributed by atoms with Gasteiger partial charge in [0, 0.05) is 24.5 Å². The number of carbonyl (C=O) groups excluding carboxylic acids is 1. The van der Waals surface area contributed by atoms with Gasteiger partial charge in [-0.15, -0.1) is 0 Å². The first-order valence-corrected chi connectivity index (χ1v) is 9.72. The Morgan fingerprint density at radius 2 is 1.88 bits per heavy atom. The van der Waals surface area contributed by atoms with E-state index in [2.05, 4.69) is 10.0 Å². The summed E-state index contributed by atoms with van der Waals surface area (Å²) in [6, 6.07) is 12.3. The summed E-state index contributed by atoms with van der Waals surface area (Å²) in [5, 5.41) is 3.34. The van der Waals surface area contributed by atoms with Crippen LogP contribution < -0.4 is 10.0 Å². The summed E-state index contributed by atoms with van der Waals surface area (Å²) in [7, 11) is -3.62. The van der Waals surface area contributed by atoms with Crippen LogP contribution >= 0.6 is 11.6 Å². The van der Waals surface area contributed by atoms with E-state index in [0.29, 0.717) is 17.1 Å². The summed E-state index contributed by atoms with van der Waals surface area (Å²) < 4.78 is 27.1. The second-order valence-corrected chi connectivity index (χ2v) is 8.00. The number of aryl methyl sites for hydroxylation is 2. The Morgan fingerprint density at radius 1 is 1.12 bits per heavy atom. The van der Waals surface area contributed by atoms with Crippen molar-refractivity contribution in [1.82, 2.24) is 10.0 Å². The lowest BCUT2D eigenvalue weighted by Crippen LogP contribution is -2.30. The number of benzene rings is 2. The molecule has 2 rings (SSSR count). The predicted octanol–water partition coefficient (Wildman–Crippen LogP) is 2.94. The van der Waals surface area contributed by atoms with E-state index in [1.807, 2.05) is 25.1 Å². The van der Waals surface area contributed by atoms with Crippen LogP contribution in [0, 0.1) is 13.8 Å². The molecule has 0 aliphatic heterocycles. The fourth-order valence-corrected chi connectivity index (χ4v) is 3.88. The number of carbonyl (C=O) groups is 1. The molecule has 2 aromatic rings. The van der Waals surface area contributed by atoms with Crippen LogP contribution in [0.25, 0.3) is 0 Å². The van der Waals surface area contributed by atoms with Gasteiger partial charge >= 0.3 is 0 Å². The normalized spacial score (nSPS) is 11.3. The summed E-state index contributed by atoms with van der Waals surface area (Å²) in [4.78, 5) is 12.1. The fourth-order valence-electron chi connectivity index (χ4n) is 2.41. The number of halogens is 1. The van der Waals surface area contributed by atoms with Gasteiger partial charge in [0.1, 0.15) is 0 Å². The summed E-state index contributed by atoms with van der Waals surface area (Å²) in [6.07, 6.45) is 0.0602. The van der Waals surface area contributed by atoms with E-state index in [1.165, 1.54) is 0 Å². The third kappa shape index (κ3) is 5.85. The topological polar surface area (TPSA) is 75.3 Å². The fraction of sp³-hybridized carbons (Fsp3) is 0.278. The number of amides is 1. The largest absolute Gasteiger partial charge is 0.352 e. The number of rotatable bonds is 7. The first kappa shape index (κ1) is 19.4. The highest BCUT2D eigenvalue weighted by atomic mass is 35.5. The maximum Gasteiger partial charge on any atom is 0.240 e. The van der Waals surface area contributed by atoms with Crippen molar-refractivity contribution < 1.29 is 13.2 Å². The minimum atomic E-state index is -3.62. The highest BCUT2D eigenvalue weighted by molar-refractivity contribution is 7.89. The minimum Gasteiger partial charge on any atom is -0.352 e. The predicted molar refractivity (Wildman–Crippen MR) is 99.0 cm³/mol. The van der Waals surface area contributed by atoms with Crippen LogP contribution in [0.15, 0.2) is 47.4 Å². The Labute approximate surface area is 153 Å². The molecule has 0 saturated heterocycles. The zero-order chi connectivity index (χ0) is 18.4. The molecule has 0 atom stereocenters. The first-order chi connectivity index (χ1) is 11.8. The molecule has 5 nitrogen and oxygen atoms in total. The zero-order valence-electron chi connectivity index (χ0n) is 14.2. The van der Waals surface area contributed by atoms with Crippen molar-refractivity contribution in [2.24, 2.45) is 0 Å². The van der Waals surface area contributed by atoms with Gasteiger partial charge in [-0.25, -0.2) is 13.1 Å². The molecular weight excluding hydrogens is 360 g/mol. The van der Waals surface area contributed by atoms with Gasteiger partial charge in [-0.05, 0) is 43.2 Å². The van der Waals surface area contributed by atoms with E-state index < -0.39 is 10.0 Å². The summed E-state index contributed by atoms with van der Waals surface area (Å²) in [5.74, 6) is -0.233. The molecule has 0 unspecified atom stereocenters. The van der Waals surface area contributed by atoms with Crippen molar-refractivity contribution in [3.63, 3.8) is 0 Å². The molecule has 0 radical (unpaired) electrons. The highest BCUT2D eigenvalue weighted by Gasteiger charge is 2.16. The van der Waals surface area contributed by atoms with E-state index in [-0.39, 0.29) is 23.8 Å². The van der Waals surface area contributed by atoms with Crippen molar-refractivity contribution in [2.75, 3.05) is 6.54 Å². The van der Waals surface area contributed by atoms with E-state index in [0.717, 1.165) is 11.1 Å². The number of nitrogens with one attached hydrogen (secondary N) is 2. The Kier molecular flexibility index (Phi) is 6.58. The summed E-state index contributed by atoms with van der Waals surface area (Å²) >= 11 is 5.89. The Morgan fingerprint density at radius 3 is 2.56 bits per heavy atom. The van der Waals surface area contributed by atoms with Crippen LogP contribution in [0.2, 0.25) is 5.02 Å². The van der Waals surface area contributed by atoms with Crippen LogP contribution in [-0.4, -0.2) is 20.9 Å². The minimum absolute atomic E-state index is 0.0387. The number of hydrogen-bond donors (Lipinski definition) is 2. The SMILES string of the molecule is Cc1ccc(S(=O)(=O)NCCC(=O)NCc2cccc(Cl)c2)c(C)c1. The van der Waals surface area contributed by atoms with Crippen molar-refractivity contribution in [1.29, 1.82) is 0 Å². The third-order valence-electron chi connectivity index (χ3n) is 3.64. The molecule has 0 spiro atoms. The van der Waals surface area contributed by atoms with Gasteiger partial charge < -0.3 is 5.32 Å². The van der Waals surface area contributed by atoms with Crippen molar-refractivity contribution in [3.8, 4) is 0 Å². The second-order valence-electron chi connectivity index (χ2n) is 5.82. The lowest BCUT2D eigenvalue weighted by Gasteiger charge is -2.10. The summed E-state index contributed by atoms with van der Waals surface area (Å²) in [6.45, 7) is 4.04.